The number of rotatable bonds is 4. The number of morpholine rings is 1. The quantitative estimate of drug-likeness (QED) is 0.915. The lowest BCUT2D eigenvalue weighted by atomic mass is 10.2. The van der Waals surface area contributed by atoms with Crippen molar-refractivity contribution in [1.29, 1.82) is 0 Å². The second-order valence-corrected chi connectivity index (χ2v) is 6.59. The summed E-state index contributed by atoms with van der Waals surface area (Å²) >= 11 is 7.47. The topological polar surface area (TPSA) is 67.4 Å². The minimum atomic E-state index is -0.230. The van der Waals surface area contributed by atoms with Crippen LogP contribution in [0, 0.1) is 0 Å². The van der Waals surface area contributed by atoms with E-state index in [0.29, 0.717) is 28.4 Å². The first-order valence-electron chi connectivity index (χ1n) is 7.36. The Bertz CT molecular complexity index is 688. The molecule has 1 amide bonds. The third kappa shape index (κ3) is 3.87. The van der Waals surface area contributed by atoms with Gasteiger partial charge in [-0.2, -0.15) is 0 Å². The van der Waals surface area contributed by atoms with Gasteiger partial charge >= 0.3 is 0 Å². The molecular formula is C15H17ClN4O2S. The van der Waals surface area contributed by atoms with Crippen molar-refractivity contribution < 1.29 is 9.53 Å². The van der Waals surface area contributed by atoms with Crippen molar-refractivity contribution >= 4 is 34.0 Å². The zero-order chi connectivity index (χ0) is 16.2. The van der Waals surface area contributed by atoms with E-state index in [0.717, 1.165) is 18.7 Å². The molecule has 6 nitrogen and oxygen atoms in total. The molecule has 2 heterocycles. The standard InChI is InChI=1S/C15H17ClN4O2S/c1-10(20-6-8-22-9-7-20)13(21)17-15-19-18-14(23-15)11-4-2-3-5-12(11)16/h2-5,10H,6-9H2,1H3,(H,17,19,21). The van der Waals surface area contributed by atoms with Crippen molar-refractivity contribution in [3.8, 4) is 10.6 Å². The molecule has 1 unspecified atom stereocenters. The highest BCUT2D eigenvalue weighted by atomic mass is 35.5. The van der Waals surface area contributed by atoms with E-state index in [1.165, 1.54) is 11.3 Å². The van der Waals surface area contributed by atoms with Crippen LogP contribution >= 0.6 is 22.9 Å². The molecule has 1 saturated heterocycles. The molecule has 2 aromatic rings. The molecule has 1 fully saturated rings. The highest BCUT2D eigenvalue weighted by molar-refractivity contribution is 7.18. The van der Waals surface area contributed by atoms with Crippen molar-refractivity contribution in [1.82, 2.24) is 15.1 Å². The van der Waals surface area contributed by atoms with E-state index in [1.54, 1.807) is 6.07 Å². The van der Waals surface area contributed by atoms with Gasteiger partial charge in [-0.3, -0.25) is 15.0 Å². The minimum absolute atomic E-state index is 0.0891. The maximum atomic E-state index is 12.3. The number of hydrogen-bond acceptors (Lipinski definition) is 6. The van der Waals surface area contributed by atoms with E-state index in [1.807, 2.05) is 25.1 Å². The van der Waals surface area contributed by atoms with Crippen LogP contribution in [0.4, 0.5) is 5.13 Å². The van der Waals surface area contributed by atoms with E-state index in [2.05, 4.69) is 20.4 Å². The molecular weight excluding hydrogens is 336 g/mol. The summed E-state index contributed by atoms with van der Waals surface area (Å²) in [5, 5.41) is 12.7. The van der Waals surface area contributed by atoms with Gasteiger partial charge < -0.3 is 4.74 Å². The monoisotopic (exact) mass is 352 g/mol. The van der Waals surface area contributed by atoms with E-state index < -0.39 is 0 Å². The molecule has 0 bridgehead atoms. The fourth-order valence-corrected chi connectivity index (χ4v) is 3.42. The molecule has 1 aromatic heterocycles. The summed E-state index contributed by atoms with van der Waals surface area (Å²) in [6, 6.07) is 7.20. The zero-order valence-electron chi connectivity index (χ0n) is 12.7. The van der Waals surface area contributed by atoms with E-state index >= 15 is 0 Å². The van der Waals surface area contributed by atoms with Gasteiger partial charge in [0, 0.05) is 18.7 Å². The summed E-state index contributed by atoms with van der Waals surface area (Å²) in [4.78, 5) is 14.4. The van der Waals surface area contributed by atoms with Crippen LogP contribution in [-0.4, -0.2) is 53.3 Å². The van der Waals surface area contributed by atoms with Crippen LogP contribution in [-0.2, 0) is 9.53 Å². The van der Waals surface area contributed by atoms with Gasteiger partial charge in [0.1, 0.15) is 0 Å². The normalized spacial score (nSPS) is 17.0. The van der Waals surface area contributed by atoms with Crippen molar-refractivity contribution in [3.05, 3.63) is 29.3 Å². The van der Waals surface area contributed by atoms with Gasteiger partial charge in [0.2, 0.25) is 11.0 Å². The van der Waals surface area contributed by atoms with Crippen LogP contribution in [0.2, 0.25) is 5.02 Å². The number of halogens is 1. The van der Waals surface area contributed by atoms with E-state index in [9.17, 15) is 4.79 Å². The number of carbonyl (C=O) groups is 1. The Morgan fingerprint density at radius 3 is 2.83 bits per heavy atom. The van der Waals surface area contributed by atoms with Crippen LogP contribution < -0.4 is 5.32 Å². The molecule has 1 aliphatic heterocycles. The van der Waals surface area contributed by atoms with Crippen molar-refractivity contribution in [2.24, 2.45) is 0 Å². The molecule has 1 N–H and O–H groups in total. The molecule has 0 saturated carbocycles. The average molecular weight is 353 g/mol. The lowest BCUT2D eigenvalue weighted by molar-refractivity contribution is -0.122. The lowest BCUT2D eigenvalue weighted by Gasteiger charge is -2.30. The predicted molar refractivity (Wildman–Crippen MR) is 90.8 cm³/mol. The maximum Gasteiger partial charge on any atom is 0.243 e. The summed E-state index contributed by atoms with van der Waals surface area (Å²) in [7, 11) is 0. The fraction of sp³-hybridized carbons (Fsp3) is 0.400. The second-order valence-electron chi connectivity index (χ2n) is 5.21. The van der Waals surface area contributed by atoms with E-state index in [4.69, 9.17) is 16.3 Å². The molecule has 0 radical (unpaired) electrons. The first kappa shape index (κ1) is 16.3. The number of ether oxygens (including phenoxy) is 1. The molecule has 1 aliphatic rings. The number of aromatic nitrogens is 2. The highest BCUT2D eigenvalue weighted by Crippen LogP contribution is 2.31. The third-order valence-electron chi connectivity index (χ3n) is 3.73. The van der Waals surface area contributed by atoms with Gasteiger partial charge in [0.05, 0.1) is 24.3 Å². The number of amides is 1. The Morgan fingerprint density at radius 1 is 1.35 bits per heavy atom. The Labute approximate surface area is 143 Å². The van der Waals surface area contributed by atoms with Gasteiger partial charge in [-0.25, -0.2) is 0 Å². The van der Waals surface area contributed by atoms with Crippen molar-refractivity contribution in [3.63, 3.8) is 0 Å². The van der Waals surface area contributed by atoms with Crippen LogP contribution in [0.1, 0.15) is 6.92 Å². The number of hydrogen-bond donors (Lipinski definition) is 1. The number of nitrogens with one attached hydrogen (secondary N) is 1. The number of nitrogens with zero attached hydrogens (tertiary/aromatic N) is 3. The molecule has 1 aromatic carbocycles. The third-order valence-corrected chi connectivity index (χ3v) is 4.93. The number of carbonyl (C=O) groups excluding carboxylic acids is 1. The lowest BCUT2D eigenvalue weighted by Crippen LogP contribution is -2.47. The molecule has 23 heavy (non-hydrogen) atoms. The van der Waals surface area contributed by atoms with Crippen LogP contribution in [0.15, 0.2) is 24.3 Å². The van der Waals surface area contributed by atoms with Crippen LogP contribution in [0.25, 0.3) is 10.6 Å². The number of benzene rings is 1. The van der Waals surface area contributed by atoms with E-state index in [-0.39, 0.29) is 11.9 Å². The Balaban J connectivity index is 1.66. The predicted octanol–water partition coefficient (Wildman–Crippen LogP) is 2.52. The zero-order valence-corrected chi connectivity index (χ0v) is 14.2. The van der Waals surface area contributed by atoms with Gasteiger partial charge in [0.25, 0.3) is 0 Å². The molecule has 0 spiro atoms. The number of anilines is 1. The first-order valence-corrected chi connectivity index (χ1v) is 8.55. The Hall–Kier alpha value is -1.54. The van der Waals surface area contributed by atoms with Gasteiger partial charge in [0.15, 0.2) is 5.01 Å². The molecule has 8 heteroatoms. The smallest absolute Gasteiger partial charge is 0.243 e. The maximum absolute atomic E-state index is 12.3. The summed E-state index contributed by atoms with van der Waals surface area (Å²) < 4.78 is 5.31. The first-order chi connectivity index (χ1) is 11.1. The molecule has 122 valence electrons. The fourth-order valence-electron chi connectivity index (χ4n) is 2.36. The molecule has 1 atom stereocenters. The highest BCUT2D eigenvalue weighted by Gasteiger charge is 2.24. The average Bonchev–Trinajstić information content (AvgIpc) is 3.03. The summed E-state index contributed by atoms with van der Waals surface area (Å²) in [5.41, 5.74) is 0.813. The van der Waals surface area contributed by atoms with Gasteiger partial charge in [-0.05, 0) is 13.0 Å². The second kappa shape index (κ2) is 7.35. The largest absolute Gasteiger partial charge is 0.379 e. The molecule has 0 aliphatic carbocycles. The SMILES string of the molecule is CC(C(=O)Nc1nnc(-c2ccccc2Cl)s1)N1CCOCC1. The Kier molecular flexibility index (Phi) is 5.22. The summed E-state index contributed by atoms with van der Waals surface area (Å²) in [6.07, 6.45) is 0. The van der Waals surface area contributed by atoms with Gasteiger partial charge in [-0.1, -0.05) is 41.1 Å². The van der Waals surface area contributed by atoms with Gasteiger partial charge in [-0.15, -0.1) is 10.2 Å². The summed E-state index contributed by atoms with van der Waals surface area (Å²) in [5.74, 6) is -0.0891. The van der Waals surface area contributed by atoms with Crippen LogP contribution in [0.5, 0.6) is 0 Å². The van der Waals surface area contributed by atoms with Crippen molar-refractivity contribution in [2.75, 3.05) is 31.6 Å². The molecule has 3 rings (SSSR count). The Morgan fingerprint density at radius 2 is 2.09 bits per heavy atom. The minimum Gasteiger partial charge on any atom is -0.379 e. The summed E-state index contributed by atoms with van der Waals surface area (Å²) in [6.45, 7) is 4.72. The van der Waals surface area contributed by atoms with Crippen LogP contribution in [0.3, 0.4) is 0 Å². The van der Waals surface area contributed by atoms with Crippen molar-refractivity contribution in [2.45, 2.75) is 13.0 Å².